The predicted molar refractivity (Wildman–Crippen MR) is 131 cm³/mol. The molecule has 0 saturated carbocycles. The molecule has 0 aliphatic carbocycles. The molecule has 1 aliphatic rings. The summed E-state index contributed by atoms with van der Waals surface area (Å²) in [5, 5.41) is 5.87. The van der Waals surface area contributed by atoms with E-state index < -0.39 is 0 Å². The van der Waals surface area contributed by atoms with Crippen molar-refractivity contribution < 1.29 is 9.18 Å². The van der Waals surface area contributed by atoms with E-state index >= 15 is 0 Å². The Hall–Kier alpha value is -3.25. The van der Waals surface area contributed by atoms with Crippen LogP contribution in [0.2, 0.25) is 0 Å². The SMILES string of the molecule is O=C(NCCCN1CCCC(Cc2ccc(F)cc2)C1)Nc1cccc(-c2ccccn2)c1. The average molecular weight is 447 g/mol. The second kappa shape index (κ2) is 11.6. The summed E-state index contributed by atoms with van der Waals surface area (Å²) in [5.41, 5.74) is 3.79. The molecule has 1 fully saturated rings. The van der Waals surface area contributed by atoms with Crippen molar-refractivity contribution in [2.24, 2.45) is 5.92 Å². The molecule has 4 rings (SSSR count). The molecule has 2 aromatic carbocycles. The number of rotatable bonds is 8. The largest absolute Gasteiger partial charge is 0.338 e. The number of urea groups is 1. The zero-order valence-corrected chi connectivity index (χ0v) is 18.8. The Balaban J connectivity index is 1.17. The molecule has 0 bridgehead atoms. The lowest BCUT2D eigenvalue weighted by Crippen LogP contribution is -2.38. The smallest absolute Gasteiger partial charge is 0.319 e. The molecule has 0 spiro atoms. The molecule has 1 unspecified atom stereocenters. The van der Waals surface area contributed by atoms with Crippen molar-refractivity contribution in [2.75, 3.05) is 31.5 Å². The maximum Gasteiger partial charge on any atom is 0.319 e. The first-order chi connectivity index (χ1) is 16.2. The van der Waals surface area contributed by atoms with E-state index in [2.05, 4.69) is 20.5 Å². The molecule has 1 aromatic heterocycles. The van der Waals surface area contributed by atoms with E-state index in [1.165, 1.54) is 18.4 Å². The van der Waals surface area contributed by atoms with Crippen LogP contribution >= 0.6 is 0 Å². The average Bonchev–Trinajstić information content (AvgIpc) is 2.84. The third-order valence-corrected chi connectivity index (χ3v) is 6.06. The number of carbonyl (C=O) groups is 1. The Kier molecular flexibility index (Phi) is 8.04. The number of piperidine rings is 1. The predicted octanol–water partition coefficient (Wildman–Crippen LogP) is 5.35. The second-order valence-corrected chi connectivity index (χ2v) is 8.67. The van der Waals surface area contributed by atoms with Crippen LogP contribution in [0.5, 0.6) is 0 Å². The first-order valence-electron chi connectivity index (χ1n) is 11.7. The molecule has 6 heteroatoms. The molecule has 172 valence electrons. The summed E-state index contributed by atoms with van der Waals surface area (Å²) in [6.07, 6.45) is 6.06. The van der Waals surface area contributed by atoms with Gasteiger partial charge in [0.1, 0.15) is 5.82 Å². The van der Waals surface area contributed by atoms with Gasteiger partial charge in [0.25, 0.3) is 0 Å². The first-order valence-corrected chi connectivity index (χ1v) is 11.7. The molecular weight excluding hydrogens is 415 g/mol. The van der Waals surface area contributed by atoms with E-state index in [4.69, 9.17) is 0 Å². The van der Waals surface area contributed by atoms with E-state index in [0.29, 0.717) is 12.5 Å². The summed E-state index contributed by atoms with van der Waals surface area (Å²) in [6, 6.07) is 20.2. The highest BCUT2D eigenvalue weighted by Gasteiger charge is 2.19. The van der Waals surface area contributed by atoms with Crippen LogP contribution in [-0.4, -0.2) is 42.1 Å². The number of nitrogens with zero attached hydrogens (tertiary/aromatic N) is 2. The van der Waals surface area contributed by atoms with E-state index in [0.717, 1.165) is 49.4 Å². The highest BCUT2D eigenvalue weighted by molar-refractivity contribution is 5.90. The lowest BCUT2D eigenvalue weighted by molar-refractivity contribution is 0.172. The Bertz CT molecular complexity index is 1030. The van der Waals surface area contributed by atoms with Crippen molar-refractivity contribution >= 4 is 11.7 Å². The van der Waals surface area contributed by atoms with Crippen LogP contribution in [0, 0.1) is 11.7 Å². The maximum atomic E-state index is 13.1. The molecule has 33 heavy (non-hydrogen) atoms. The second-order valence-electron chi connectivity index (χ2n) is 8.67. The van der Waals surface area contributed by atoms with Crippen LogP contribution in [0.25, 0.3) is 11.3 Å². The zero-order chi connectivity index (χ0) is 22.9. The lowest BCUT2D eigenvalue weighted by atomic mass is 9.91. The summed E-state index contributed by atoms with van der Waals surface area (Å²) in [5.74, 6) is 0.424. The Morgan fingerprint density at radius 2 is 1.97 bits per heavy atom. The fraction of sp³-hybridized carbons (Fsp3) is 0.333. The topological polar surface area (TPSA) is 57.3 Å². The minimum atomic E-state index is -0.194. The molecular formula is C27H31FN4O. The van der Waals surface area contributed by atoms with Gasteiger partial charge in [-0.2, -0.15) is 0 Å². The molecule has 2 N–H and O–H groups in total. The minimum Gasteiger partial charge on any atom is -0.338 e. The van der Waals surface area contributed by atoms with Gasteiger partial charge in [0, 0.05) is 30.5 Å². The molecule has 3 aromatic rings. The van der Waals surface area contributed by atoms with Gasteiger partial charge in [0.2, 0.25) is 0 Å². The van der Waals surface area contributed by atoms with Crippen molar-refractivity contribution in [3.63, 3.8) is 0 Å². The number of nitrogens with one attached hydrogen (secondary N) is 2. The van der Waals surface area contributed by atoms with Gasteiger partial charge in [0.15, 0.2) is 0 Å². The van der Waals surface area contributed by atoms with E-state index in [9.17, 15) is 9.18 Å². The van der Waals surface area contributed by atoms with Crippen molar-refractivity contribution in [1.29, 1.82) is 0 Å². The summed E-state index contributed by atoms with van der Waals surface area (Å²) in [7, 11) is 0. The van der Waals surface area contributed by atoms with Crippen molar-refractivity contribution in [1.82, 2.24) is 15.2 Å². The van der Waals surface area contributed by atoms with Gasteiger partial charge in [-0.05, 0) is 86.7 Å². The molecule has 1 atom stereocenters. The van der Waals surface area contributed by atoms with Crippen molar-refractivity contribution in [3.05, 3.63) is 84.3 Å². The third-order valence-electron chi connectivity index (χ3n) is 6.06. The van der Waals surface area contributed by atoms with Crippen LogP contribution in [0.3, 0.4) is 0 Å². The van der Waals surface area contributed by atoms with Gasteiger partial charge in [0.05, 0.1) is 5.69 Å². The molecule has 2 amide bonds. The summed E-state index contributed by atoms with van der Waals surface area (Å²) in [6.45, 7) is 3.76. The molecule has 1 saturated heterocycles. The third kappa shape index (κ3) is 7.12. The molecule has 1 aliphatic heterocycles. The van der Waals surface area contributed by atoms with Crippen LogP contribution in [0.15, 0.2) is 72.9 Å². The number of pyridine rings is 1. The summed E-state index contributed by atoms with van der Waals surface area (Å²) >= 11 is 0. The van der Waals surface area contributed by atoms with Gasteiger partial charge < -0.3 is 15.5 Å². The van der Waals surface area contributed by atoms with Crippen LogP contribution < -0.4 is 10.6 Å². The fourth-order valence-electron chi connectivity index (χ4n) is 4.44. The molecule has 2 heterocycles. The van der Waals surface area contributed by atoms with Crippen LogP contribution in [0.1, 0.15) is 24.8 Å². The Morgan fingerprint density at radius 1 is 1.09 bits per heavy atom. The number of halogens is 1. The van der Waals surface area contributed by atoms with E-state index in [-0.39, 0.29) is 11.8 Å². The standard InChI is InChI=1S/C27H31FN4O/c28-24-12-10-21(11-13-24)18-22-6-4-16-32(20-22)17-5-15-30-27(33)31-25-8-3-7-23(19-25)26-9-1-2-14-29-26/h1-3,7-14,19,22H,4-6,15-18,20H2,(H2,30,31,33). The number of anilines is 1. The van der Waals surface area contributed by atoms with Gasteiger partial charge >= 0.3 is 6.03 Å². The van der Waals surface area contributed by atoms with Gasteiger partial charge in [-0.1, -0.05) is 30.3 Å². The maximum absolute atomic E-state index is 13.1. The van der Waals surface area contributed by atoms with E-state index in [1.807, 2.05) is 54.6 Å². The number of aromatic nitrogens is 1. The number of likely N-dealkylation sites (tertiary alicyclic amines) is 1. The number of benzene rings is 2. The molecule has 5 nitrogen and oxygen atoms in total. The Morgan fingerprint density at radius 3 is 2.79 bits per heavy atom. The van der Waals surface area contributed by atoms with Crippen molar-refractivity contribution in [3.8, 4) is 11.3 Å². The lowest BCUT2D eigenvalue weighted by Gasteiger charge is -2.32. The van der Waals surface area contributed by atoms with Gasteiger partial charge in [-0.25, -0.2) is 9.18 Å². The monoisotopic (exact) mass is 446 g/mol. The van der Waals surface area contributed by atoms with Crippen LogP contribution in [0.4, 0.5) is 14.9 Å². The summed E-state index contributed by atoms with van der Waals surface area (Å²) in [4.78, 5) is 19.2. The van der Waals surface area contributed by atoms with Gasteiger partial charge in [-0.3, -0.25) is 4.98 Å². The highest BCUT2D eigenvalue weighted by atomic mass is 19.1. The first kappa shape index (κ1) is 22.9. The van der Waals surface area contributed by atoms with Gasteiger partial charge in [-0.15, -0.1) is 0 Å². The van der Waals surface area contributed by atoms with Crippen molar-refractivity contribution in [2.45, 2.75) is 25.7 Å². The fourth-order valence-corrected chi connectivity index (χ4v) is 4.44. The molecule has 0 radical (unpaired) electrons. The zero-order valence-electron chi connectivity index (χ0n) is 18.8. The number of hydrogen-bond acceptors (Lipinski definition) is 3. The van der Waals surface area contributed by atoms with E-state index in [1.54, 1.807) is 18.3 Å². The number of hydrogen-bond donors (Lipinski definition) is 2. The van der Waals surface area contributed by atoms with Crippen LogP contribution in [-0.2, 0) is 6.42 Å². The number of amides is 2. The minimum absolute atomic E-state index is 0.179. The highest BCUT2D eigenvalue weighted by Crippen LogP contribution is 2.22. The Labute approximate surface area is 195 Å². The normalized spacial score (nSPS) is 16.3. The summed E-state index contributed by atoms with van der Waals surface area (Å²) < 4.78 is 13.1. The quantitative estimate of drug-likeness (QED) is 0.459. The number of carbonyl (C=O) groups excluding carboxylic acids is 1.